The van der Waals surface area contributed by atoms with Gasteiger partial charge in [0, 0.05) is 10.0 Å². The quantitative estimate of drug-likeness (QED) is 0.828. The maximum absolute atomic E-state index is 13.8. The number of rotatable bonds is 3. The van der Waals surface area contributed by atoms with Crippen molar-refractivity contribution < 1.29 is 8.78 Å². The predicted octanol–water partition coefficient (Wildman–Crippen LogP) is 5.32. The summed E-state index contributed by atoms with van der Waals surface area (Å²) in [5.41, 5.74) is 0.282. The molecule has 1 atom stereocenters. The van der Waals surface area contributed by atoms with E-state index < -0.39 is 17.7 Å². The van der Waals surface area contributed by atoms with Crippen LogP contribution in [0.2, 0.25) is 10.0 Å². The Morgan fingerprint density at radius 2 is 1.76 bits per heavy atom. The minimum absolute atomic E-state index is 0.0762. The lowest BCUT2D eigenvalue weighted by Crippen LogP contribution is -2.10. The van der Waals surface area contributed by atoms with Crippen LogP contribution in [-0.4, -0.2) is 0 Å². The Kier molecular flexibility index (Phi) is 4.66. The summed E-state index contributed by atoms with van der Waals surface area (Å²) in [5, 5.41) is 12.3. The maximum atomic E-state index is 13.8. The van der Waals surface area contributed by atoms with Gasteiger partial charge < -0.3 is 5.32 Å². The molecular formula is C15H10Cl2F2N2. The van der Waals surface area contributed by atoms with Gasteiger partial charge in [0.05, 0.1) is 17.7 Å². The van der Waals surface area contributed by atoms with Crippen molar-refractivity contribution in [3.8, 4) is 6.07 Å². The highest BCUT2D eigenvalue weighted by Gasteiger charge is 2.16. The zero-order chi connectivity index (χ0) is 15.6. The molecule has 0 fully saturated rings. The lowest BCUT2D eigenvalue weighted by atomic mass is 10.1. The van der Waals surface area contributed by atoms with Gasteiger partial charge in [0.25, 0.3) is 0 Å². The first-order valence-corrected chi connectivity index (χ1v) is 6.78. The molecule has 1 N–H and O–H groups in total. The van der Waals surface area contributed by atoms with Crippen molar-refractivity contribution in [2.75, 3.05) is 5.32 Å². The van der Waals surface area contributed by atoms with E-state index in [1.54, 1.807) is 31.2 Å². The van der Waals surface area contributed by atoms with Crippen LogP contribution in [0.4, 0.5) is 14.5 Å². The number of benzene rings is 2. The first-order valence-electron chi connectivity index (χ1n) is 6.03. The fourth-order valence-electron chi connectivity index (χ4n) is 1.92. The van der Waals surface area contributed by atoms with Crippen molar-refractivity contribution in [2.45, 2.75) is 13.0 Å². The van der Waals surface area contributed by atoms with Crippen molar-refractivity contribution >= 4 is 28.9 Å². The van der Waals surface area contributed by atoms with Crippen LogP contribution in [0.5, 0.6) is 0 Å². The fraction of sp³-hybridized carbons (Fsp3) is 0.133. The number of hydrogen-bond donors (Lipinski definition) is 1. The molecule has 0 aliphatic rings. The van der Waals surface area contributed by atoms with Gasteiger partial charge in [0.1, 0.15) is 5.69 Å². The first-order chi connectivity index (χ1) is 9.92. The van der Waals surface area contributed by atoms with Gasteiger partial charge in [-0.1, -0.05) is 29.3 Å². The van der Waals surface area contributed by atoms with E-state index in [1.165, 1.54) is 0 Å². The maximum Gasteiger partial charge on any atom is 0.150 e. The van der Waals surface area contributed by atoms with Gasteiger partial charge in [-0.2, -0.15) is 5.26 Å². The highest BCUT2D eigenvalue weighted by atomic mass is 35.5. The van der Waals surface area contributed by atoms with E-state index in [1.807, 2.05) is 0 Å². The monoisotopic (exact) mass is 326 g/mol. The third-order valence-corrected chi connectivity index (χ3v) is 3.52. The van der Waals surface area contributed by atoms with Crippen LogP contribution < -0.4 is 5.32 Å². The minimum atomic E-state index is -0.830. The van der Waals surface area contributed by atoms with E-state index in [2.05, 4.69) is 5.32 Å². The molecule has 2 aromatic carbocycles. The number of nitrogens with zero attached hydrogens (tertiary/aromatic N) is 1. The van der Waals surface area contributed by atoms with Crippen molar-refractivity contribution in [1.82, 2.24) is 0 Å². The Bertz CT molecular complexity index is 703. The van der Waals surface area contributed by atoms with Crippen molar-refractivity contribution in [3.05, 3.63) is 63.1 Å². The second-order valence-corrected chi connectivity index (χ2v) is 5.30. The highest BCUT2D eigenvalue weighted by Crippen LogP contribution is 2.30. The molecule has 2 rings (SSSR count). The molecule has 0 radical (unpaired) electrons. The van der Waals surface area contributed by atoms with Gasteiger partial charge in [-0.3, -0.25) is 0 Å². The van der Waals surface area contributed by atoms with Gasteiger partial charge in [0.2, 0.25) is 0 Å². The van der Waals surface area contributed by atoms with Crippen LogP contribution in [0.25, 0.3) is 0 Å². The molecule has 0 spiro atoms. The van der Waals surface area contributed by atoms with Crippen LogP contribution in [0.15, 0.2) is 30.3 Å². The van der Waals surface area contributed by atoms with Crippen LogP contribution in [0.1, 0.15) is 24.1 Å². The van der Waals surface area contributed by atoms with Crippen LogP contribution >= 0.6 is 23.2 Å². The van der Waals surface area contributed by atoms with Crippen LogP contribution in [0, 0.1) is 23.0 Å². The van der Waals surface area contributed by atoms with Gasteiger partial charge in [-0.05, 0) is 36.8 Å². The molecule has 0 saturated heterocycles. The summed E-state index contributed by atoms with van der Waals surface area (Å²) < 4.78 is 27.7. The molecule has 0 heterocycles. The zero-order valence-corrected chi connectivity index (χ0v) is 12.4. The van der Waals surface area contributed by atoms with E-state index in [9.17, 15) is 8.78 Å². The molecule has 21 heavy (non-hydrogen) atoms. The molecule has 0 saturated carbocycles. The standard InChI is InChI=1S/C15H10Cl2F2N2/c1-8(11-3-2-10(16)6-12(11)17)21-15-13(18)4-9(7-20)5-14(15)19/h2-6,8,21H,1H3. The normalized spacial score (nSPS) is 11.8. The molecule has 108 valence electrons. The second kappa shape index (κ2) is 6.30. The Morgan fingerprint density at radius 3 is 2.29 bits per heavy atom. The SMILES string of the molecule is CC(Nc1c(F)cc(C#N)cc1F)c1ccc(Cl)cc1Cl. The summed E-state index contributed by atoms with van der Waals surface area (Å²) in [5.74, 6) is -1.66. The van der Waals surface area contributed by atoms with E-state index in [0.717, 1.165) is 12.1 Å². The molecule has 0 bridgehead atoms. The van der Waals surface area contributed by atoms with E-state index in [4.69, 9.17) is 28.5 Å². The Hall–Kier alpha value is -1.83. The summed E-state index contributed by atoms with van der Waals surface area (Å²) in [6, 6.07) is 8.09. The molecule has 1 unspecified atom stereocenters. The Morgan fingerprint density at radius 1 is 1.14 bits per heavy atom. The minimum Gasteiger partial charge on any atom is -0.374 e. The topological polar surface area (TPSA) is 35.8 Å². The molecular weight excluding hydrogens is 317 g/mol. The first kappa shape index (κ1) is 15.6. The van der Waals surface area contributed by atoms with Gasteiger partial charge in [0.15, 0.2) is 11.6 Å². The Labute approximate surface area is 130 Å². The number of hydrogen-bond acceptors (Lipinski definition) is 2. The molecule has 2 aromatic rings. The molecule has 6 heteroatoms. The average molecular weight is 327 g/mol. The zero-order valence-electron chi connectivity index (χ0n) is 10.9. The summed E-state index contributed by atoms with van der Waals surface area (Å²) in [4.78, 5) is 0. The third kappa shape index (κ3) is 3.44. The molecule has 2 nitrogen and oxygen atoms in total. The molecule has 0 aromatic heterocycles. The van der Waals surface area contributed by atoms with Gasteiger partial charge >= 0.3 is 0 Å². The second-order valence-electron chi connectivity index (χ2n) is 4.46. The number of anilines is 1. The van der Waals surface area contributed by atoms with Crippen molar-refractivity contribution in [3.63, 3.8) is 0 Å². The number of halogens is 4. The summed E-state index contributed by atoms with van der Waals surface area (Å²) in [6.45, 7) is 1.71. The van der Waals surface area contributed by atoms with E-state index in [0.29, 0.717) is 15.6 Å². The summed E-state index contributed by atoms with van der Waals surface area (Å²) >= 11 is 11.9. The van der Waals surface area contributed by atoms with Crippen LogP contribution in [0.3, 0.4) is 0 Å². The fourth-order valence-corrected chi connectivity index (χ4v) is 2.49. The Balaban J connectivity index is 2.32. The van der Waals surface area contributed by atoms with Crippen molar-refractivity contribution in [2.24, 2.45) is 0 Å². The smallest absolute Gasteiger partial charge is 0.150 e. The average Bonchev–Trinajstić information content (AvgIpc) is 2.42. The molecule has 0 aliphatic heterocycles. The number of nitriles is 1. The largest absolute Gasteiger partial charge is 0.374 e. The molecule has 0 amide bonds. The highest BCUT2D eigenvalue weighted by molar-refractivity contribution is 6.35. The van der Waals surface area contributed by atoms with E-state index in [-0.39, 0.29) is 11.3 Å². The summed E-state index contributed by atoms with van der Waals surface area (Å²) in [7, 11) is 0. The lowest BCUT2D eigenvalue weighted by Gasteiger charge is -2.18. The number of nitrogens with one attached hydrogen (secondary N) is 1. The predicted molar refractivity (Wildman–Crippen MR) is 79.6 cm³/mol. The lowest BCUT2D eigenvalue weighted by molar-refractivity contribution is 0.584. The summed E-state index contributed by atoms with van der Waals surface area (Å²) in [6.07, 6.45) is 0. The van der Waals surface area contributed by atoms with Crippen LogP contribution in [-0.2, 0) is 0 Å². The third-order valence-electron chi connectivity index (χ3n) is 2.96. The van der Waals surface area contributed by atoms with Gasteiger partial charge in [-0.25, -0.2) is 8.78 Å². The molecule has 0 aliphatic carbocycles. The van der Waals surface area contributed by atoms with Crippen molar-refractivity contribution in [1.29, 1.82) is 5.26 Å². The van der Waals surface area contributed by atoms with Gasteiger partial charge in [-0.15, -0.1) is 0 Å². The van der Waals surface area contributed by atoms with E-state index >= 15 is 0 Å².